The molecule has 0 saturated carbocycles. The van der Waals surface area contributed by atoms with Gasteiger partial charge in [-0.15, -0.1) is 0 Å². The third-order valence-electron chi connectivity index (χ3n) is 1.66. The third-order valence-corrected chi connectivity index (χ3v) is 1.95. The molecule has 0 atom stereocenters. The van der Waals surface area contributed by atoms with Gasteiger partial charge in [-0.2, -0.15) is 0 Å². The van der Waals surface area contributed by atoms with E-state index in [1.165, 1.54) is 0 Å². The summed E-state index contributed by atoms with van der Waals surface area (Å²) in [5.41, 5.74) is 0. The van der Waals surface area contributed by atoms with Gasteiger partial charge in [0.15, 0.2) is 0 Å². The van der Waals surface area contributed by atoms with Crippen LogP contribution in [0.25, 0.3) is 0 Å². The van der Waals surface area contributed by atoms with Crippen LogP contribution in [-0.2, 0) is 22.1 Å². The Labute approximate surface area is 132 Å². The quantitative estimate of drug-likeness (QED) is 0.230. The maximum absolute atomic E-state index is 5.40. The minimum atomic E-state index is 0. The Morgan fingerprint density at radius 1 is 1.12 bits per heavy atom. The second-order valence-electron chi connectivity index (χ2n) is 3.15. The van der Waals surface area contributed by atoms with E-state index in [0.29, 0.717) is 4.32 Å². The minimum absolute atomic E-state index is 0. The number of hydrogen-bond donors (Lipinski definition) is 1. The van der Waals surface area contributed by atoms with Crippen LogP contribution in [0.1, 0.15) is 26.2 Å². The molecule has 0 aliphatic heterocycles. The van der Waals surface area contributed by atoms with Gasteiger partial charge in [-0.05, 0) is 19.3 Å². The number of ether oxygens (including phenoxy) is 2. The van der Waals surface area contributed by atoms with Crippen LogP contribution in [0.4, 0.5) is 0 Å². The molecule has 0 fully saturated rings. The van der Waals surface area contributed by atoms with Gasteiger partial charge in [0.2, 0.25) is 0 Å². The number of nitrogens with one attached hydrogen (secondary N) is 1. The zero-order valence-corrected chi connectivity index (χ0v) is 13.9. The predicted molar refractivity (Wildman–Crippen MR) is 69.1 cm³/mol. The Balaban J connectivity index is 0. The Morgan fingerprint density at radius 3 is 2.25 bits per heavy atom. The van der Waals surface area contributed by atoms with E-state index in [2.05, 4.69) is 12.2 Å². The van der Waals surface area contributed by atoms with Crippen molar-refractivity contribution in [2.75, 3.05) is 33.0 Å². The SMILES string of the molecule is CCCOCCCOCCCNC(=S)[S-].[Na+]. The molecule has 0 spiro atoms. The van der Waals surface area contributed by atoms with Crippen LogP contribution in [0.3, 0.4) is 0 Å². The summed E-state index contributed by atoms with van der Waals surface area (Å²) in [7, 11) is 0. The van der Waals surface area contributed by atoms with Crippen molar-refractivity contribution in [2.24, 2.45) is 0 Å². The van der Waals surface area contributed by atoms with Crippen molar-refractivity contribution in [3.8, 4) is 0 Å². The summed E-state index contributed by atoms with van der Waals surface area (Å²) in [5, 5.41) is 2.91. The summed E-state index contributed by atoms with van der Waals surface area (Å²) in [4.78, 5) is 0. The van der Waals surface area contributed by atoms with Crippen LogP contribution in [0.2, 0.25) is 0 Å². The molecular formula is C10H20NNaO2S2. The smallest absolute Gasteiger partial charge is 0.412 e. The molecule has 0 aromatic rings. The molecule has 0 unspecified atom stereocenters. The zero-order valence-electron chi connectivity index (χ0n) is 10.3. The van der Waals surface area contributed by atoms with Gasteiger partial charge >= 0.3 is 29.6 Å². The average Bonchev–Trinajstić information content (AvgIpc) is 2.20. The molecule has 16 heavy (non-hydrogen) atoms. The van der Waals surface area contributed by atoms with E-state index in [1.807, 2.05) is 0 Å². The van der Waals surface area contributed by atoms with E-state index in [-0.39, 0.29) is 29.6 Å². The van der Waals surface area contributed by atoms with E-state index in [4.69, 9.17) is 34.3 Å². The van der Waals surface area contributed by atoms with Crippen LogP contribution in [0, 0.1) is 0 Å². The maximum atomic E-state index is 5.40. The van der Waals surface area contributed by atoms with Crippen molar-refractivity contribution in [1.29, 1.82) is 0 Å². The molecule has 0 heterocycles. The van der Waals surface area contributed by atoms with Gasteiger partial charge in [-0.3, -0.25) is 0 Å². The molecule has 0 saturated heterocycles. The number of hydrogen-bond acceptors (Lipinski definition) is 4. The van der Waals surface area contributed by atoms with Crippen LogP contribution < -0.4 is 34.9 Å². The van der Waals surface area contributed by atoms with Gasteiger partial charge < -0.3 is 39.6 Å². The first kappa shape index (κ1) is 19.4. The van der Waals surface area contributed by atoms with Crippen LogP contribution in [0.15, 0.2) is 0 Å². The van der Waals surface area contributed by atoms with Crippen molar-refractivity contribution in [2.45, 2.75) is 26.2 Å². The van der Waals surface area contributed by atoms with Crippen molar-refractivity contribution < 1.29 is 39.0 Å². The Bertz CT molecular complexity index is 162. The van der Waals surface area contributed by atoms with E-state index in [1.54, 1.807) is 0 Å². The summed E-state index contributed by atoms with van der Waals surface area (Å²) in [6, 6.07) is 0. The van der Waals surface area contributed by atoms with Crippen molar-refractivity contribution >= 4 is 29.2 Å². The predicted octanol–water partition coefficient (Wildman–Crippen LogP) is -1.36. The molecule has 0 aromatic heterocycles. The molecular weight excluding hydrogens is 253 g/mol. The van der Waals surface area contributed by atoms with Gasteiger partial charge in [0.25, 0.3) is 0 Å². The van der Waals surface area contributed by atoms with E-state index >= 15 is 0 Å². The zero-order chi connectivity index (χ0) is 11.4. The molecule has 0 bridgehead atoms. The average molecular weight is 273 g/mol. The van der Waals surface area contributed by atoms with Crippen molar-refractivity contribution in [3.05, 3.63) is 0 Å². The summed E-state index contributed by atoms with van der Waals surface area (Å²) in [6.45, 7) is 6.06. The Morgan fingerprint density at radius 2 is 1.69 bits per heavy atom. The van der Waals surface area contributed by atoms with Crippen LogP contribution in [-0.4, -0.2) is 37.3 Å². The molecule has 1 N–H and O–H groups in total. The van der Waals surface area contributed by atoms with Gasteiger partial charge in [0.05, 0.1) is 0 Å². The fourth-order valence-electron chi connectivity index (χ4n) is 0.976. The molecule has 0 radical (unpaired) electrons. The van der Waals surface area contributed by atoms with Gasteiger partial charge in [-0.25, -0.2) is 0 Å². The van der Waals surface area contributed by atoms with E-state index < -0.39 is 0 Å². The molecule has 0 rings (SSSR count). The van der Waals surface area contributed by atoms with Crippen LogP contribution >= 0.6 is 12.2 Å². The van der Waals surface area contributed by atoms with E-state index in [9.17, 15) is 0 Å². The molecule has 3 nitrogen and oxygen atoms in total. The molecule has 0 aliphatic carbocycles. The fraction of sp³-hybridized carbons (Fsp3) is 0.900. The van der Waals surface area contributed by atoms with Crippen molar-refractivity contribution in [1.82, 2.24) is 5.32 Å². The summed E-state index contributed by atoms with van der Waals surface area (Å²) in [5.74, 6) is 0. The summed E-state index contributed by atoms with van der Waals surface area (Å²) in [6.07, 6.45) is 2.98. The normalized spacial score (nSPS) is 9.56. The minimum Gasteiger partial charge on any atom is -0.412 e. The molecule has 0 aromatic carbocycles. The topological polar surface area (TPSA) is 30.5 Å². The first-order valence-corrected chi connectivity index (χ1v) is 6.19. The fourth-order valence-corrected chi connectivity index (χ4v) is 1.18. The standard InChI is InChI=1S/C10H21NO2S2.Na/c1-2-6-12-8-4-9-13-7-3-5-11-10(14)15;/h2-9H2,1H3,(H2,11,14,15);/q;+1/p-1. The first-order valence-electron chi connectivity index (χ1n) is 5.37. The second-order valence-corrected chi connectivity index (χ2v) is 4.22. The third kappa shape index (κ3) is 17.4. The first-order chi connectivity index (χ1) is 7.27. The molecule has 0 aliphatic rings. The second kappa shape index (κ2) is 16.0. The van der Waals surface area contributed by atoms with Gasteiger partial charge in [0.1, 0.15) is 0 Å². The monoisotopic (exact) mass is 273 g/mol. The van der Waals surface area contributed by atoms with Gasteiger partial charge in [0, 0.05) is 33.0 Å². The Hall–Kier alpha value is 1.03. The number of rotatable bonds is 10. The van der Waals surface area contributed by atoms with Crippen molar-refractivity contribution in [3.63, 3.8) is 0 Å². The molecule has 0 amide bonds. The summed E-state index contributed by atoms with van der Waals surface area (Å²) < 4.78 is 11.2. The maximum Gasteiger partial charge on any atom is 1.00 e. The number of thiocarbonyl (C=S) groups is 1. The van der Waals surface area contributed by atoms with E-state index in [0.717, 1.165) is 52.2 Å². The largest absolute Gasteiger partial charge is 1.00 e. The Kier molecular flexibility index (Phi) is 19.4. The molecule has 6 heteroatoms. The summed E-state index contributed by atoms with van der Waals surface area (Å²) >= 11 is 9.40. The van der Waals surface area contributed by atoms with Crippen LogP contribution in [0.5, 0.6) is 0 Å². The molecule has 90 valence electrons. The van der Waals surface area contributed by atoms with Gasteiger partial charge in [-0.1, -0.05) is 11.2 Å².